The summed E-state index contributed by atoms with van der Waals surface area (Å²) in [6.07, 6.45) is -1.49. The summed E-state index contributed by atoms with van der Waals surface area (Å²) >= 11 is 0. The van der Waals surface area contributed by atoms with Crippen LogP contribution in [0.1, 0.15) is 19.3 Å². The quantitative estimate of drug-likeness (QED) is 0.749. The van der Waals surface area contributed by atoms with Gasteiger partial charge in [-0.3, -0.25) is 4.79 Å². The van der Waals surface area contributed by atoms with Crippen molar-refractivity contribution < 1.29 is 22.7 Å². The van der Waals surface area contributed by atoms with E-state index in [2.05, 4.69) is 15.4 Å². The molecule has 0 bridgehead atoms. The molecule has 0 spiro atoms. The number of alkyl halides is 3. The highest BCUT2D eigenvalue weighted by Gasteiger charge is 2.27. The van der Waals surface area contributed by atoms with Gasteiger partial charge in [0.25, 0.3) is 0 Å². The maximum Gasteiger partial charge on any atom is 0.411 e. The second-order valence-corrected chi connectivity index (χ2v) is 3.96. The molecule has 108 valence electrons. The Bertz CT molecular complexity index is 246. The van der Waals surface area contributed by atoms with E-state index in [0.717, 1.165) is 25.8 Å². The van der Waals surface area contributed by atoms with E-state index in [1.807, 2.05) is 0 Å². The van der Waals surface area contributed by atoms with Crippen molar-refractivity contribution in [3.8, 4) is 0 Å². The number of hydrogen-bond acceptors (Lipinski definition) is 3. The molecule has 1 rings (SSSR count). The highest BCUT2D eigenvalue weighted by Crippen LogP contribution is 2.14. The fraction of sp³-hybridized carbons (Fsp3) is 0.900. The largest absolute Gasteiger partial charge is 0.411 e. The summed E-state index contributed by atoms with van der Waals surface area (Å²) in [5, 5.41) is 5.60. The van der Waals surface area contributed by atoms with Crippen molar-refractivity contribution in [1.82, 2.24) is 10.6 Å². The Kier molecular flexibility index (Phi) is 8.30. The van der Waals surface area contributed by atoms with Crippen LogP contribution < -0.4 is 10.6 Å². The molecule has 0 saturated carbocycles. The van der Waals surface area contributed by atoms with Gasteiger partial charge in [0.2, 0.25) is 5.91 Å². The van der Waals surface area contributed by atoms with E-state index in [9.17, 15) is 18.0 Å². The first kappa shape index (κ1) is 17.5. The molecule has 1 atom stereocenters. The minimum Gasteiger partial charge on any atom is -0.370 e. The van der Waals surface area contributed by atoms with Crippen molar-refractivity contribution >= 4 is 18.3 Å². The SMILES string of the molecule is Cl.O=C(NCCOCC(F)(F)F)C1CCCCN1. The fourth-order valence-corrected chi connectivity index (χ4v) is 1.63. The predicted octanol–water partition coefficient (Wildman–Crippen LogP) is 1.25. The van der Waals surface area contributed by atoms with E-state index < -0.39 is 12.8 Å². The summed E-state index contributed by atoms with van der Waals surface area (Å²) in [5.41, 5.74) is 0. The van der Waals surface area contributed by atoms with Crippen LogP contribution in [0.3, 0.4) is 0 Å². The predicted molar refractivity (Wildman–Crippen MR) is 62.8 cm³/mol. The van der Waals surface area contributed by atoms with E-state index in [4.69, 9.17) is 0 Å². The lowest BCUT2D eigenvalue weighted by molar-refractivity contribution is -0.173. The third-order valence-corrected chi connectivity index (χ3v) is 2.44. The van der Waals surface area contributed by atoms with Crippen LogP contribution in [0, 0.1) is 0 Å². The molecule has 4 nitrogen and oxygen atoms in total. The first-order valence-corrected chi connectivity index (χ1v) is 5.64. The topological polar surface area (TPSA) is 50.4 Å². The van der Waals surface area contributed by atoms with E-state index in [0.29, 0.717) is 0 Å². The molecule has 0 radical (unpaired) electrons. The number of carbonyl (C=O) groups excluding carboxylic acids is 1. The summed E-state index contributed by atoms with van der Waals surface area (Å²) in [7, 11) is 0. The minimum absolute atomic E-state index is 0. The molecule has 1 unspecified atom stereocenters. The highest BCUT2D eigenvalue weighted by atomic mass is 35.5. The summed E-state index contributed by atoms with van der Waals surface area (Å²) < 4.78 is 39.5. The van der Waals surface area contributed by atoms with E-state index in [1.165, 1.54) is 0 Å². The molecule has 1 fully saturated rings. The summed E-state index contributed by atoms with van der Waals surface area (Å²) in [4.78, 5) is 11.5. The van der Waals surface area contributed by atoms with Gasteiger partial charge in [-0.1, -0.05) is 6.42 Å². The summed E-state index contributed by atoms with van der Waals surface area (Å²) in [6, 6.07) is -0.216. The van der Waals surface area contributed by atoms with Crippen molar-refractivity contribution in [2.45, 2.75) is 31.5 Å². The maximum absolute atomic E-state index is 11.7. The third-order valence-electron chi connectivity index (χ3n) is 2.44. The second kappa shape index (κ2) is 8.55. The Morgan fingerprint density at radius 3 is 2.67 bits per heavy atom. The van der Waals surface area contributed by atoms with Crippen molar-refractivity contribution in [2.24, 2.45) is 0 Å². The van der Waals surface area contributed by atoms with Gasteiger partial charge in [0.1, 0.15) is 6.61 Å². The van der Waals surface area contributed by atoms with Gasteiger partial charge in [0.15, 0.2) is 0 Å². The normalized spacial score (nSPS) is 20.1. The first-order chi connectivity index (χ1) is 7.99. The van der Waals surface area contributed by atoms with E-state index in [1.54, 1.807) is 0 Å². The molecular formula is C10H18ClF3N2O2. The number of nitrogens with one attached hydrogen (secondary N) is 2. The average molecular weight is 291 g/mol. The molecule has 0 aliphatic carbocycles. The molecule has 0 aromatic heterocycles. The van der Waals surface area contributed by atoms with Gasteiger partial charge in [-0.25, -0.2) is 0 Å². The summed E-state index contributed by atoms with van der Waals surface area (Å²) in [6.45, 7) is -0.488. The number of ether oxygens (including phenoxy) is 1. The molecule has 1 heterocycles. The minimum atomic E-state index is -4.31. The van der Waals surface area contributed by atoms with Crippen LogP contribution in [-0.4, -0.2) is 44.4 Å². The number of carbonyl (C=O) groups is 1. The number of halogens is 4. The summed E-state index contributed by atoms with van der Waals surface area (Å²) in [5.74, 6) is -0.166. The van der Waals surface area contributed by atoms with Crippen LogP contribution in [0.15, 0.2) is 0 Å². The number of amides is 1. The lowest BCUT2D eigenvalue weighted by atomic mass is 10.0. The molecule has 8 heteroatoms. The highest BCUT2D eigenvalue weighted by molar-refractivity contribution is 5.85. The van der Waals surface area contributed by atoms with E-state index >= 15 is 0 Å². The average Bonchev–Trinajstić information content (AvgIpc) is 2.28. The zero-order valence-corrected chi connectivity index (χ0v) is 10.7. The number of piperidine rings is 1. The molecule has 1 aliphatic heterocycles. The van der Waals surface area contributed by atoms with Gasteiger partial charge in [0, 0.05) is 6.54 Å². The van der Waals surface area contributed by atoms with Crippen molar-refractivity contribution in [3.05, 3.63) is 0 Å². The Labute approximate surface area is 110 Å². The Balaban J connectivity index is 0.00000289. The molecule has 2 N–H and O–H groups in total. The Morgan fingerprint density at radius 2 is 2.11 bits per heavy atom. The van der Waals surface area contributed by atoms with Gasteiger partial charge < -0.3 is 15.4 Å². The first-order valence-electron chi connectivity index (χ1n) is 5.64. The monoisotopic (exact) mass is 290 g/mol. The lowest BCUT2D eigenvalue weighted by Crippen LogP contribution is -2.47. The third kappa shape index (κ3) is 7.73. The molecule has 1 saturated heterocycles. The number of rotatable bonds is 5. The zero-order valence-electron chi connectivity index (χ0n) is 9.89. The molecule has 0 aromatic carbocycles. The van der Waals surface area contributed by atoms with Gasteiger partial charge in [-0.05, 0) is 19.4 Å². The molecule has 1 aliphatic rings. The van der Waals surface area contributed by atoms with Crippen LogP contribution in [0.25, 0.3) is 0 Å². The Morgan fingerprint density at radius 1 is 1.39 bits per heavy atom. The van der Waals surface area contributed by atoms with Gasteiger partial charge in [0.05, 0.1) is 12.6 Å². The van der Waals surface area contributed by atoms with Gasteiger partial charge in [-0.15, -0.1) is 12.4 Å². The van der Waals surface area contributed by atoms with Gasteiger partial charge >= 0.3 is 6.18 Å². The lowest BCUT2D eigenvalue weighted by Gasteiger charge is -2.22. The second-order valence-electron chi connectivity index (χ2n) is 3.96. The van der Waals surface area contributed by atoms with Gasteiger partial charge in [-0.2, -0.15) is 13.2 Å². The van der Waals surface area contributed by atoms with Crippen LogP contribution in [0.4, 0.5) is 13.2 Å². The molecule has 18 heavy (non-hydrogen) atoms. The van der Waals surface area contributed by atoms with Crippen LogP contribution in [0.5, 0.6) is 0 Å². The van der Waals surface area contributed by atoms with Crippen LogP contribution in [-0.2, 0) is 9.53 Å². The molecular weight excluding hydrogens is 273 g/mol. The number of hydrogen-bond donors (Lipinski definition) is 2. The fourth-order valence-electron chi connectivity index (χ4n) is 1.63. The molecule has 0 aromatic rings. The van der Waals surface area contributed by atoms with E-state index in [-0.39, 0.29) is 37.5 Å². The molecule has 1 amide bonds. The van der Waals surface area contributed by atoms with Crippen molar-refractivity contribution in [1.29, 1.82) is 0 Å². The zero-order chi connectivity index (χ0) is 12.7. The maximum atomic E-state index is 11.7. The van der Waals surface area contributed by atoms with Crippen molar-refractivity contribution in [2.75, 3.05) is 26.3 Å². The van der Waals surface area contributed by atoms with Crippen LogP contribution in [0.2, 0.25) is 0 Å². The van der Waals surface area contributed by atoms with Crippen LogP contribution >= 0.6 is 12.4 Å². The van der Waals surface area contributed by atoms with Crippen molar-refractivity contribution in [3.63, 3.8) is 0 Å². The standard InChI is InChI=1S/C10H17F3N2O2.ClH/c11-10(12,13)7-17-6-5-15-9(16)8-3-1-2-4-14-8;/h8,14H,1-7H2,(H,15,16);1H. The smallest absolute Gasteiger partial charge is 0.370 e. The Hall–Kier alpha value is -0.530.